The van der Waals surface area contributed by atoms with Gasteiger partial charge in [-0.2, -0.15) is 0 Å². The third kappa shape index (κ3) is 5.52. The zero-order valence-electron chi connectivity index (χ0n) is 27.0. The van der Waals surface area contributed by atoms with Gasteiger partial charge >= 0.3 is 34.1 Å². The number of hydrogen-bond donors (Lipinski definition) is 0. The molecule has 246 valence electrons. The zero-order chi connectivity index (χ0) is 30.8. The van der Waals surface area contributed by atoms with Crippen LogP contribution in [0.25, 0.3) is 0 Å². The number of fused-ring (bicyclic) bond motifs is 4. The largest absolute Gasteiger partial charge is 2.00 e. The van der Waals surface area contributed by atoms with Crippen molar-refractivity contribution in [1.82, 2.24) is 0 Å². The molecule has 44 heavy (non-hydrogen) atoms. The molecule has 2 aromatic rings. The summed E-state index contributed by atoms with van der Waals surface area (Å²) in [5, 5.41) is 49.6. The van der Waals surface area contributed by atoms with Gasteiger partial charge in [-0.15, -0.1) is 0 Å². The second-order valence-corrected chi connectivity index (χ2v) is 14.9. The Labute approximate surface area is 284 Å². The number of aryl methyl sites for hydroxylation is 2. The summed E-state index contributed by atoms with van der Waals surface area (Å²) in [6.45, 7) is 16.7. The Kier molecular flexibility index (Phi) is 10.8. The summed E-state index contributed by atoms with van der Waals surface area (Å²) in [6, 6.07) is 10.5. The average Bonchev–Trinajstić information content (AvgIpc) is 3.42. The summed E-state index contributed by atoms with van der Waals surface area (Å²) < 4.78 is 0. The fourth-order valence-corrected chi connectivity index (χ4v) is 8.76. The quantitative estimate of drug-likeness (QED) is 0.354. The first kappa shape index (κ1) is 36.8. The minimum Gasteiger partial charge on any atom is -0.872 e. The van der Waals surface area contributed by atoms with E-state index in [0.717, 1.165) is 36.8 Å². The van der Waals surface area contributed by atoms with Crippen molar-refractivity contribution < 1.29 is 54.6 Å². The molecule has 0 aliphatic heterocycles. The molecule has 0 amide bonds. The van der Waals surface area contributed by atoms with Gasteiger partial charge in [-0.3, -0.25) is 9.98 Å². The molecule has 0 spiro atoms. The van der Waals surface area contributed by atoms with E-state index in [9.17, 15) is 20.4 Å². The van der Waals surface area contributed by atoms with Gasteiger partial charge in [0.2, 0.25) is 0 Å². The van der Waals surface area contributed by atoms with E-state index < -0.39 is 12.2 Å². The van der Waals surface area contributed by atoms with Crippen molar-refractivity contribution in [2.75, 3.05) is 0 Å². The van der Waals surface area contributed by atoms with Crippen molar-refractivity contribution in [2.45, 2.75) is 105 Å². The molecule has 0 heterocycles. The van der Waals surface area contributed by atoms with Crippen molar-refractivity contribution in [3.05, 3.63) is 58.7 Å². The van der Waals surface area contributed by atoms with E-state index in [2.05, 4.69) is 51.5 Å². The minimum atomic E-state index is -0.664. The van der Waals surface area contributed by atoms with Gasteiger partial charge in [0.1, 0.15) is 0 Å². The summed E-state index contributed by atoms with van der Waals surface area (Å²) in [4.78, 5) is 9.12. The second-order valence-electron chi connectivity index (χ2n) is 14.9. The molecule has 0 N–H and O–H groups in total. The van der Waals surface area contributed by atoms with E-state index in [1.54, 1.807) is 50.5 Å². The van der Waals surface area contributed by atoms with Crippen molar-refractivity contribution in [3.63, 3.8) is 0 Å². The third-order valence-electron chi connectivity index (χ3n) is 12.7. The monoisotopic (exact) mass is 696 g/mol. The Bertz CT molecular complexity index is 1300. The maximum Gasteiger partial charge on any atom is 2.00 e. The van der Waals surface area contributed by atoms with E-state index in [-0.39, 0.29) is 79.4 Å². The first-order chi connectivity index (χ1) is 19.6. The van der Waals surface area contributed by atoms with E-state index in [4.69, 9.17) is 0 Å². The fourth-order valence-electron chi connectivity index (χ4n) is 8.76. The van der Waals surface area contributed by atoms with Gasteiger partial charge in [0.05, 0.1) is 0 Å². The summed E-state index contributed by atoms with van der Waals surface area (Å²) in [5.41, 5.74) is 2.35. The Hall–Kier alpha value is -1.66. The van der Waals surface area contributed by atoms with Crippen LogP contribution in [0, 0.1) is 47.3 Å². The van der Waals surface area contributed by atoms with Crippen LogP contribution >= 0.6 is 0 Å². The molecule has 4 aliphatic rings. The molecule has 4 bridgehead atoms. The van der Waals surface area contributed by atoms with Crippen LogP contribution in [0.2, 0.25) is 0 Å². The predicted molar refractivity (Wildman–Crippen MR) is 161 cm³/mol. The number of nitrogens with zero attached hydrogens (tertiary/aromatic N) is 2. The van der Waals surface area contributed by atoms with Gasteiger partial charge in [-0.05, 0) is 84.2 Å². The molecule has 8 atom stereocenters. The van der Waals surface area contributed by atoms with Crippen molar-refractivity contribution in [2.24, 2.45) is 43.5 Å². The molecule has 4 fully saturated rings. The molecule has 4 aliphatic carbocycles. The standard InChI is InChI=1S/2C18H24NO2.2Cu/c2*1-11-6-5-7-12(15(11)20)10-19-14-13-8-9-18(4,16(14)21)17(13,2)3;;/h2*5-7,10,13-14,16,20H,8-9H2,1-4H3;;/q2*-1;2*+2/p-2/t2*13-,14-,16-,18+;;/m11../s1. The Balaban J connectivity index is 0.000000230. The van der Waals surface area contributed by atoms with Crippen molar-refractivity contribution in [3.8, 4) is 11.5 Å². The summed E-state index contributed by atoms with van der Waals surface area (Å²) in [5.74, 6) is 0.692. The Morgan fingerprint density at radius 2 is 0.977 bits per heavy atom. The number of hydrogen-bond acceptors (Lipinski definition) is 6. The molecule has 0 saturated heterocycles. The molecule has 2 aromatic carbocycles. The Morgan fingerprint density at radius 1 is 0.636 bits per heavy atom. The van der Waals surface area contributed by atoms with Gasteiger partial charge in [0.25, 0.3) is 0 Å². The maximum atomic E-state index is 12.8. The topological polar surface area (TPSA) is 117 Å². The average molecular weight is 698 g/mol. The summed E-state index contributed by atoms with van der Waals surface area (Å²) in [6.07, 6.45) is 6.08. The van der Waals surface area contributed by atoms with Crippen LogP contribution in [-0.4, -0.2) is 36.7 Å². The van der Waals surface area contributed by atoms with E-state index in [1.165, 1.54) is 0 Å². The van der Waals surface area contributed by atoms with Crippen molar-refractivity contribution >= 4 is 12.4 Å². The molecule has 4 saturated carbocycles. The van der Waals surface area contributed by atoms with Crippen LogP contribution in [-0.2, 0) is 34.1 Å². The number of para-hydroxylation sites is 2. The SMILES string of the molecule is Cc1cccc(C=N[C@@H]2[C@H]3CC[C@@](C)([C@@H]2[O-])C3(C)C)c1[O-].Cc1cccc(C=N[C@@H]2[C@H]3CC[C@@](C)([C@@H]2[O-])C3(C)C)c1[O-].[Cu+2].[Cu+2]. The molecular formula is C36H46Cu2N2O4. The molecule has 6 nitrogen and oxygen atoms in total. The van der Waals surface area contributed by atoms with E-state index in [1.807, 2.05) is 12.1 Å². The molecule has 0 aromatic heterocycles. The summed E-state index contributed by atoms with van der Waals surface area (Å²) >= 11 is 0. The molecule has 0 unspecified atom stereocenters. The number of rotatable bonds is 4. The third-order valence-corrected chi connectivity index (χ3v) is 12.7. The van der Waals surface area contributed by atoms with E-state index in [0.29, 0.717) is 23.0 Å². The summed E-state index contributed by atoms with van der Waals surface area (Å²) in [7, 11) is 0. The van der Waals surface area contributed by atoms with Crippen LogP contribution < -0.4 is 20.4 Å². The minimum absolute atomic E-state index is 0. The number of benzene rings is 2. The van der Waals surface area contributed by atoms with Crippen LogP contribution in [0.5, 0.6) is 11.5 Å². The fraction of sp³-hybridized carbons (Fsp3) is 0.611. The predicted octanol–water partition coefficient (Wildman–Crippen LogP) is 4.08. The number of aliphatic imine (C=N–C) groups is 2. The molecular weight excluding hydrogens is 651 g/mol. The van der Waals surface area contributed by atoms with Crippen LogP contribution in [0.3, 0.4) is 0 Å². The van der Waals surface area contributed by atoms with Gasteiger partial charge in [-0.25, -0.2) is 0 Å². The second kappa shape index (κ2) is 12.9. The van der Waals surface area contributed by atoms with Gasteiger partial charge in [0, 0.05) is 24.5 Å². The van der Waals surface area contributed by atoms with Crippen LogP contribution in [0.1, 0.15) is 89.5 Å². The molecule has 8 heteroatoms. The van der Waals surface area contributed by atoms with Crippen LogP contribution in [0.15, 0.2) is 46.4 Å². The molecule has 2 radical (unpaired) electrons. The zero-order valence-corrected chi connectivity index (χ0v) is 28.9. The first-order valence-electron chi connectivity index (χ1n) is 15.5. The normalized spacial score (nSPS) is 35.8. The van der Waals surface area contributed by atoms with Gasteiger partial charge < -0.3 is 20.4 Å². The van der Waals surface area contributed by atoms with Gasteiger partial charge in [0.15, 0.2) is 0 Å². The first-order valence-corrected chi connectivity index (χ1v) is 15.5. The Morgan fingerprint density at radius 3 is 1.27 bits per heavy atom. The smallest absolute Gasteiger partial charge is 0.872 e. The van der Waals surface area contributed by atoms with Crippen LogP contribution in [0.4, 0.5) is 0 Å². The van der Waals surface area contributed by atoms with Crippen molar-refractivity contribution in [1.29, 1.82) is 0 Å². The maximum absolute atomic E-state index is 12.8. The van der Waals surface area contributed by atoms with Gasteiger partial charge in [-0.1, -0.05) is 113 Å². The molecule has 6 rings (SSSR count). The van der Waals surface area contributed by atoms with E-state index >= 15 is 0 Å².